The van der Waals surface area contributed by atoms with Crippen molar-refractivity contribution in [3.05, 3.63) is 23.8 Å². The van der Waals surface area contributed by atoms with Crippen LogP contribution in [0.1, 0.15) is 5.56 Å². The molecule has 68 valence electrons. The van der Waals surface area contributed by atoms with Gasteiger partial charge < -0.3 is 14.9 Å². The SMILES string of the molecule is CN1CCc2cc(B(O)O)ccc21. The van der Waals surface area contributed by atoms with E-state index in [0.29, 0.717) is 5.46 Å². The summed E-state index contributed by atoms with van der Waals surface area (Å²) in [4.78, 5) is 2.17. The third-order valence-corrected chi connectivity index (χ3v) is 2.53. The molecule has 0 fully saturated rings. The normalized spacial score (nSPS) is 14.5. The molecule has 0 atom stereocenters. The summed E-state index contributed by atoms with van der Waals surface area (Å²) >= 11 is 0. The maximum absolute atomic E-state index is 8.96. The summed E-state index contributed by atoms with van der Waals surface area (Å²) in [6, 6.07) is 5.56. The lowest BCUT2D eigenvalue weighted by atomic mass is 9.79. The Morgan fingerprint density at radius 2 is 2.15 bits per heavy atom. The summed E-state index contributed by atoms with van der Waals surface area (Å²) in [6.07, 6.45) is 0.992. The van der Waals surface area contributed by atoms with Gasteiger partial charge in [-0.25, -0.2) is 0 Å². The summed E-state index contributed by atoms with van der Waals surface area (Å²) in [5.74, 6) is 0. The molecule has 0 aromatic heterocycles. The van der Waals surface area contributed by atoms with Gasteiger partial charge in [-0.1, -0.05) is 12.1 Å². The quantitative estimate of drug-likeness (QED) is 0.560. The molecule has 3 nitrogen and oxygen atoms in total. The molecule has 1 aliphatic rings. The summed E-state index contributed by atoms with van der Waals surface area (Å²) in [5, 5.41) is 17.9. The molecule has 0 unspecified atom stereocenters. The van der Waals surface area contributed by atoms with Gasteiger partial charge in [0.25, 0.3) is 0 Å². The zero-order valence-corrected chi connectivity index (χ0v) is 7.57. The van der Waals surface area contributed by atoms with Crippen LogP contribution >= 0.6 is 0 Å². The van der Waals surface area contributed by atoms with E-state index in [4.69, 9.17) is 10.0 Å². The molecule has 1 aromatic rings. The number of nitrogens with zero attached hydrogens (tertiary/aromatic N) is 1. The van der Waals surface area contributed by atoms with Gasteiger partial charge in [-0.2, -0.15) is 0 Å². The molecular weight excluding hydrogens is 165 g/mol. The maximum atomic E-state index is 8.96. The minimum absolute atomic E-state index is 0.578. The highest BCUT2D eigenvalue weighted by atomic mass is 16.4. The van der Waals surface area contributed by atoms with Crippen LogP contribution in [0.4, 0.5) is 5.69 Å². The van der Waals surface area contributed by atoms with Gasteiger partial charge in [-0.05, 0) is 23.5 Å². The standard InChI is InChI=1S/C9H12BNO2/c1-11-5-4-7-6-8(10(12)13)2-3-9(7)11/h2-3,6,12-13H,4-5H2,1H3. The van der Waals surface area contributed by atoms with Crippen molar-refractivity contribution in [1.29, 1.82) is 0 Å². The molecule has 0 amide bonds. The van der Waals surface area contributed by atoms with Crippen LogP contribution in [-0.2, 0) is 6.42 Å². The molecule has 1 heterocycles. The average molecular weight is 177 g/mol. The molecule has 0 radical (unpaired) electrons. The number of anilines is 1. The minimum atomic E-state index is -1.35. The predicted molar refractivity (Wildman–Crippen MR) is 53.2 cm³/mol. The van der Waals surface area contributed by atoms with E-state index >= 15 is 0 Å². The van der Waals surface area contributed by atoms with Crippen molar-refractivity contribution in [2.45, 2.75) is 6.42 Å². The Morgan fingerprint density at radius 3 is 2.85 bits per heavy atom. The molecule has 0 bridgehead atoms. The average Bonchev–Trinajstić information content (AvgIpc) is 2.47. The van der Waals surface area contributed by atoms with Crippen LogP contribution in [0.3, 0.4) is 0 Å². The van der Waals surface area contributed by atoms with Gasteiger partial charge in [0.1, 0.15) is 0 Å². The van der Waals surface area contributed by atoms with Crippen LogP contribution in [0.15, 0.2) is 18.2 Å². The lowest BCUT2D eigenvalue weighted by Crippen LogP contribution is -2.29. The monoisotopic (exact) mass is 177 g/mol. The number of hydrogen-bond donors (Lipinski definition) is 2. The van der Waals surface area contributed by atoms with E-state index < -0.39 is 7.12 Å². The molecule has 2 rings (SSSR count). The van der Waals surface area contributed by atoms with Gasteiger partial charge in [0, 0.05) is 19.3 Å². The molecule has 13 heavy (non-hydrogen) atoms. The molecule has 0 spiro atoms. The van der Waals surface area contributed by atoms with E-state index in [1.165, 1.54) is 11.3 Å². The Bertz CT molecular complexity index is 327. The topological polar surface area (TPSA) is 43.7 Å². The molecule has 0 saturated carbocycles. The number of fused-ring (bicyclic) bond motifs is 1. The lowest BCUT2D eigenvalue weighted by Gasteiger charge is -2.11. The third kappa shape index (κ3) is 1.43. The van der Waals surface area contributed by atoms with Crippen LogP contribution in [0.25, 0.3) is 0 Å². The second-order valence-corrected chi connectivity index (χ2v) is 3.43. The number of rotatable bonds is 1. The zero-order chi connectivity index (χ0) is 9.42. The van der Waals surface area contributed by atoms with Crippen molar-refractivity contribution in [2.24, 2.45) is 0 Å². The van der Waals surface area contributed by atoms with Gasteiger partial charge in [-0.15, -0.1) is 0 Å². The van der Waals surface area contributed by atoms with Gasteiger partial charge in [-0.3, -0.25) is 0 Å². The predicted octanol–water partition coefficient (Wildman–Crippen LogP) is -0.641. The van der Waals surface area contributed by atoms with Crippen LogP contribution in [0.5, 0.6) is 0 Å². The van der Waals surface area contributed by atoms with Crippen molar-refractivity contribution < 1.29 is 10.0 Å². The van der Waals surface area contributed by atoms with Crippen molar-refractivity contribution in [3.8, 4) is 0 Å². The van der Waals surface area contributed by atoms with Gasteiger partial charge >= 0.3 is 7.12 Å². The van der Waals surface area contributed by atoms with Crippen LogP contribution < -0.4 is 10.4 Å². The first-order valence-electron chi connectivity index (χ1n) is 4.38. The smallest absolute Gasteiger partial charge is 0.423 e. The second-order valence-electron chi connectivity index (χ2n) is 3.43. The fourth-order valence-corrected chi connectivity index (χ4v) is 1.75. The number of hydrogen-bond acceptors (Lipinski definition) is 3. The van der Waals surface area contributed by atoms with Crippen molar-refractivity contribution in [1.82, 2.24) is 0 Å². The van der Waals surface area contributed by atoms with Crippen LogP contribution in [0.2, 0.25) is 0 Å². The van der Waals surface area contributed by atoms with E-state index in [2.05, 4.69) is 4.90 Å². The first kappa shape index (κ1) is 8.60. The van der Waals surface area contributed by atoms with Crippen molar-refractivity contribution >= 4 is 18.3 Å². The highest BCUT2D eigenvalue weighted by Gasteiger charge is 2.18. The van der Waals surface area contributed by atoms with E-state index in [1.807, 2.05) is 19.2 Å². The van der Waals surface area contributed by atoms with Gasteiger partial charge in [0.15, 0.2) is 0 Å². The van der Waals surface area contributed by atoms with Gasteiger partial charge in [0.2, 0.25) is 0 Å². The largest absolute Gasteiger partial charge is 0.488 e. The van der Waals surface area contributed by atoms with Gasteiger partial charge in [0.05, 0.1) is 0 Å². The first-order valence-corrected chi connectivity index (χ1v) is 4.38. The Labute approximate surface area is 77.8 Å². The number of benzene rings is 1. The maximum Gasteiger partial charge on any atom is 0.488 e. The molecule has 2 N–H and O–H groups in total. The van der Waals surface area contributed by atoms with Crippen molar-refractivity contribution in [3.63, 3.8) is 0 Å². The molecular formula is C9H12BNO2. The fraction of sp³-hybridized carbons (Fsp3) is 0.333. The molecule has 4 heteroatoms. The summed E-state index contributed by atoms with van der Waals surface area (Å²) < 4.78 is 0. The molecule has 1 aliphatic heterocycles. The second kappa shape index (κ2) is 3.05. The summed E-state index contributed by atoms with van der Waals surface area (Å²) in [6.45, 7) is 1.01. The summed E-state index contributed by atoms with van der Waals surface area (Å²) in [5.41, 5.74) is 2.98. The van der Waals surface area contributed by atoms with E-state index in [1.54, 1.807) is 6.07 Å². The van der Waals surface area contributed by atoms with Crippen LogP contribution in [0, 0.1) is 0 Å². The molecule has 0 saturated heterocycles. The van der Waals surface area contributed by atoms with E-state index in [-0.39, 0.29) is 0 Å². The third-order valence-electron chi connectivity index (χ3n) is 2.53. The fourth-order valence-electron chi connectivity index (χ4n) is 1.75. The lowest BCUT2D eigenvalue weighted by molar-refractivity contribution is 0.426. The minimum Gasteiger partial charge on any atom is -0.423 e. The zero-order valence-electron chi connectivity index (χ0n) is 7.57. The highest BCUT2D eigenvalue weighted by Crippen LogP contribution is 2.24. The van der Waals surface area contributed by atoms with Crippen LogP contribution in [-0.4, -0.2) is 30.8 Å². The Morgan fingerprint density at radius 1 is 1.38 bits per heavy atom. The molecule has 1 aromatic carbocycles. The summed E-state index contributed by atoms with van der Waals surface area (Å²) in [7, 11) is 0.692. The van der Waals surface area contributed by atoms with E-state index in [9.17, 15) is 0 Å². The Balaban J connectivity index is 2.40. The highest BCUT2D eigenvalue weighted by molar-refractivity contribution is 6.58. The first-order chi connectivity index (χ1) is 6.18. The Hall–Kier alpha value is -0.995. The number of likely N-dealkylation sites (N-methyl/N-ethyl adjacent to an activating group) is 1. The van der Waals surface area contributed by atoms with Crippen molar-refractivity contribution in [2.75, 3.05) is 18.5 Å². The van der Waals surface area contributed by atoms with E-state index in [0.717, 1.165) is 13.0 Å². The molecule has 0 aliphatic carbocycles. The Kier molecular flexibility index (Phi) is 2.02.